The van der Waals surface area contributed by atoms with E-state index in [2.05, 4.69) is 32.6 Å². The van der Waals surface area contributed by atoms with Crippen LogP contribution in [0.2, 0.25) is 0 Å². The maximum Gasteiger partial charge on any atom is 0.243 e. The zero-order chi connectivity index (χ0) is 23.3. The molecule has 3 rings (SSSR count). The van der Waals surface area contributed by atoms with E-state index >= 15 is 4.39 Å². The Kier molecular flexibility index (Phi) is 8.19. The van der Waals surface area contributed by atoms with Crippen molar-refractivity contribution in [2.24, 2.45) is 11.8 Å². The van der Waals surface area contributed by atoms with Gasteiger partial charge in [0, 0.05) is 25.7 Å². The summed E-state index contributed by atoms with van der Waals surface area (Å²) in [7, 11) is 2.03. The summed E-state index contributed by atoms with van der Waals surface area (Å²) in [6.07, 6.45) is 5.11. The zero-order valence-corrected chi connectivity index (χ0v) is 19.1. The molecule has 0 aromatic carbocycles. The minimum Gasteiger partial charge on any atom is -0.351 e. The molecule has 2 atom stereocenters. The molecule has 178 valence electrons. The third-order valence-electron chi connectivity index (χ3n) is 6.50. The van der Waals surface area contributed by atoms with E-state index < -0.39 is 17.6 Å². The Balaban J connectivity index is 1.69. The molecule has 0 bridgehead atoms. The second-order valence-corrected chi connectivity index (χ2v) is 8.96. The van der Waals surface area contributed by atoms with Crippen LogP contribution in [0.3, 0.4) is 0 Å². The summed E-state index contributed by atoms with van der Waals surface area (Å²) in [5.74, 6) is -0.823. The number of hydroxylamine groups is 2. The first-order valence-corrected chi connectivity index (χ1v) is 11.2. The van der Waals surface area contributed by atoms with Gasteiger partial charge in [-0.1, -0.05) is 25.7 Å². The molecule has 0 spiro atoms. The number of aromatic nitrogens is 2. The molecule has 3 N–H and O–H groups in total. The molecule has 1 aliphatic heterocycles. The van der Waals surface area contributed by atoms with E-state index in [0.717, 1.165) is 32.2 Å². The highest BCUT2D eigenvalue weighted by molar-refractivity contribution is 5.80. The molecule has 10 nitrogen and oxygen atoms in total. The van der Waals surface area contributed by atoms with Gasteiger partial charge in [0.1, 0.15) is 5.82 Å². The Hall–Kier alpha value is -2.53. The van der Waals surface area contributed by atoms with Crippen LogP contribution in [-0.2, 0) is 9.59 Å². The fourth-order valence-electron chi connectivity index (χ4n) is 4.48. The van der Waals surface area contributed by atoms with Crippen molar-refractivity contribution >= 4 is 24.0 Å². The van der Waals surface area contributed by atoms with E-state index in [4.69, 9.17) is 0 Å². The number of aryl methyl sites for hydroxylation is 1. The normalized spacial score (nSPS) is 20.8. The van der Waals surface area contributed by atoms with Gasteiger partial charge >= 0.3 is 0 Å². The highest BCUT2D eigenvalue weighted by Crippen LogP contribution is 2.31. The first-order chi connectivity index (χ1) is 15.3. The predicted molar refractivity (Wildman–Crippen MR) is 117 cm³/mol. The summed E-state index contributed by atoms with van der Waals surface area (Å²) in [5, 5.41) is 10.1. The monoisotopic (exact) mass is 451 g/mol. The molecular weight excluding hydrogens is 417 g/mol. The molecule has 1 saturated heterocycles. The lowest BCUT2D eigenvalue weighted by molar-refractivity contribution is -0.154. The molecule has 1 aromatic heterocycles. The van der Waals surface area contributed by atoms with Crippen LogP contribution in [0, 0.1) is 24.6 Å². The molecule has 2 aliphatic rings. The van der Waals surface area contributed by atoms with Crippen LogP contribution in [0.1, 0.15) is 44.9 Å². The third kappa shape index (κ3) is 6.04. The minimum atomic E-state index is -0.628. The lowest BCUT2D eigenvalue weighted by Crippen LogP contribution is -2.50. The lowest BCUT2D eigenvalue weighted by atomic mass is 9.92. The number of amides is 2. The van der Waals surface area contributed by atoms with Gasteiger partial charge in [0.25, 0.3) is 0 Å². The van der Waals surface area contributed by atoms with Crippen LogP contribution in [0.5, 0.6) is 0 Å². The van der Waals surface area contributed by atoms with Gasteiger partial charge < -0.3 is 9.80 Å². The highest BCUT2D eigenvalue weighted by Gasteiger charge is 2.28. The SMILES string of the molecule is Cc1nc(NNC(=O)[C@H](CC2CCCC2)CN(O)C=O)c(F)c(N2CCN(C)[C@H](C)C2)n1. The van der Waals surface area contributed by atoms with E-state index in [-0.39, 0.29) is 30.6 Å². The maximum atomic E-state index is 15.2. The Bertz CT molecular complexity index is 806. The van der Waals surface area contributed by atoms with Gasteiger partial charge in [0.15, 0.2) is 11.6 Å². The molecule has 32 heavy (non-hydrogen) atoms. The number of halogens is 1. The summed E-state index contributed by atoms with van der Waals surface area (Å²) in [6, 6.07) is 0.255. The van der Waals surface area contributed by atoms with Crippen LogP contribution in [0.25, 0.3) is 0 Å². The van der Waals surface area contributed by atoms with Crippen LogP contribution in [0.15, 0.2) is 0 Å². The predicted octanol–water partition coefficient (Wildman–Crippen LogP) is 1.55. The molecule has 0 radical (unpaired) electrons. The minimum absolute atomic E-state index is 0.108. The molecule has 1 aliphatic carbocycles. The second kappa shape index (κ2) is 10.9. The average Bonchev–Trinajstić information content (AvgIpc) is 3.28. The van der Waals surface area contributed by atoms with Crippen LogP contribution < -0.4 is 15.8 Å². The Morgan fingerprint density at radius 3 is 2.72 bits per heavy atom. The summed E-state index contributed by atoms with van der Waals surface area (Å²) >= 11 is 0. The molecule has 2 fully saturated rings. The summed E-state index contributed by atoms with van der Waals surface area (Å²) in [4.78, 5) is 36.1. The Morgan fingerprint density at radius 2 is 2.06 bits per heavy atom. The summed E-state index contributed by atoms with van der Waals surface area (Å²) in [5.41, 5.74) is 5.12. The maximum absolute atomic E-state index is 15.2. The van der Waals surface area contributed by atoms with E-state index in [1.807, 2.05) is 11.9 Å². The zero-order valence-electron chi connectivity index (χ0n) is 19.1. The number of carbonyl (C=O) groups excluding carboxylic acids is 2. The molecular formula is C21H34FN7O3. The van der Waals surface area contributed by atoms with Crippen molar-refractivity contribution in [3.8, 4) is 0 Å². The van der Waals surface area contributed by atoms with Gasteiger partial charge in [-0.25, -0.2) is 15.0 Å². The van der Waals surface area contributed by atoms with Crippen molar-refractivity contribution < 1.29 is 19.2 Å². The average molecular weight is 452 g/mol. The van der Waals surface area contributed by atoms with Crippen LogP contribution in [0.4, 0.5) is 16.0 Å². The topological polar surface area (TPSA) is 114 Å². The Labute approximate surface area is 188 Å². The molecule has 0 unspecified atom stereocenters. The van der Waals surface area contributed by atoms with Gasteiger partial charge in [0.05, 0.1) is 12.5 Å². The smallest absolute Gasteiger partial charge is 0.243 e. The second-order valence-electron chi connectivity index (χ2n) is 8.96. The van der Waals surface area contributed by atoms with E-state index in [1.165, 1.54) is 0 Å². The first-order valence-electron chi connectivity index (χ1n) is 11.2. The number of hydrazine groups is 1. The van der Waals surface area contributed by atoms with E-state index in [1.54, 1.807) is 6.92 Å². The molecule has 1 saturated carbocycles. The van der Waals surface area contributed by atoms with Crippen LogP contribution >= 0.6 is 0 Å². The molecule has 11 heteroatoms. The van der Waals surface area contributed by atoms with E-state index in [0.29, 0.717) is 36.3 Å². The van der Waals surface area contributed by atoms with Gasteiger partial charge in [-0.2, -0.15) is 4.39 Å². The number of rotatable bonds is 9. The van der Waals surface area contributed by atoms with Crippen molar-refractivity contribution in [3.05, 3.63) is 11.6 Å². The fourth-order valence-corrected chi connectivity index (χ4v) is 4.48. The number of anilines is 2. The van der Waals surface area contributed by atoms with Gasteiger partial charge in [0.2, 0.25) is 18.1 Å². The van der Waals surface area contributed by atoms with Crippen molar-refractivity contribution in [2.75, 3.05) is 43.6 Å². The quantitative estimate of drug-likeness (QED) is 0.294. The highest BCUT2D eigenvalue weighted by atomic mass is 19.1. The van der Waals surface area contributed by atoms with Crippen LogP contribution in [-0.4, -0.2) is 76.7 Å². The number of piperazine rings is 1. The van der Waals surface area contributed by atoms with E-state index in [9.17, 15) is 14.8 Å². The van der Waals surface area contributed by atoms with Crippen molar-refractivity contribution in [1.29, 1.82) is 0 Å². The molecule has 2 heterocycles. The number of hydrogen-bond acceptors (Lipinski definition) is 8. The van der Waals surface area contributed by atoms with Crippen molar-refractivity contribution in [2.45, 2.75) is 52.0 Å². The molecule has 1 aromatic rings. The summed E-state index contributed by atoms with van der Waals surface area (Å²) in [6.45, 7) is 5.69. The number of hydrogen-bond donors (Lipinski definition) is 3. The number of nitrogens with zero attached hydrogens (tertiary/aromatic N) is 5. The fraction of sp³-hybridized carbons (Fsp3) is 0.714. The first kappa shape index (κ1) is 24.1. The van der Waals surface area contributed by atoms with Gasteiger partial charge in [-0.15, -0.1) is 0 Å². The van der Waals surface area contributed by atoms with Crippen molar-refractivity contribution in [3.63, 3.8) is 0 Å². The number of carbonyl (C=O) groups is 2. The van der Waals surface area contributed by atoms with Crippen molar-refractivity contribution in [1.82, 2.24) is 25.4 Å². The summed E-state index contributed by atoms with van der Waals surface area (Å²) < 4.78 is 15.2. The number of nitrogens with one attached hydrogen (secondary N) is 2. The van der Waals surface area contributed by atoms with Gasteiger partial charge in [-0.05, 0) is 33.2 Å². The lowest BCUT2D eigenvalue weighted by Gasteiger charge is -2.38. The third-order valence-corrected chi connectivity index (χ3v) is 6.50. The molecule has 2 amide bonds. The number of likely N-dealkylation sites (N-methyl/N-ethyl adjacent to an activating group) is 1. The van der Waals surface area contributed by atoms with Gasteiger partial charge in [-0.3, -0.25) is 25.6 Å². The Morgan fingerprint density at radius 1 is 1.34 bits per heavy atom. The standard InChI is InChI=1S/C21H34FN7O3/c1-14-11-28(9-8-27(14)3)20-18(22)19(23-15(2)24-20)25-26-21(31)17(12-29(32)13-30)10-16-6-4-5-7-16/h13-14,16-17,32H,4-12H2,1-3H3,(H,26,31)(H,23,24,25)/t14-,17-/m1/s1. The largest absolute Gasteiger partial charge is 0.351 e.